The van der Waals surface area contributed by atoms with E-state index in [4.69, 9.17) is 4.74 Å². The Morgan fingerprint density at radius 2 is 1.74 bits per heavy atom. The Kier molecular flexibility index (Phi) is 8.01. The summed E-state index contributed by atoms with van der Waals surface area (Å²) in [5.74, 6) is 0.498. The van der Waals surface area contributed by atoms with Gasteiger partial charge in [-0.25, -0.2) is 10.1 Å². The smallest absolute Gasteiger partial charge is 0.423 e. The second-order valence-corrected chi connectivity index (χ2v) is 9.97. The molecule has 0 unspecified atom stereocenters. The summed E-state index contributed by atoms with van der Waals surface area (Å²) < 4.78 is 85.1. The maximum Gasteiger partial charge on any atom is 0.423 e. The molecule has 0 radical (unpaired) electrons. The largest absolute Gasteiger partial charge is 0.491 e. The van der Waals surface area contributed by atoms with Gasteiger partial charge in [0.25, 0.3) is 11.5 Å². The van der Waals surface area contributed by atoms with Crippen LogP contribution in [-0.2, 0) is 12.4 Å². The summed E-state index contributed by atoms with van der Waals surface area (Å²) in [5.41, 5.74) is -3.39. The molecule has 3 aromatic rings. The molecule has 1 atom stereocenters. The number of rotatable bonds is 6. The number of benzene rings is 1. The molecule has 1 amide bonds. The lowest BCUT2D eigenvalue weighted by atomic mass is 10.1. The Morgan fingerprint density at radius 3 is 2.40 bits per heavy atom. The molecule has 2 aliphatic heterocycles. The van der Waals surface area contributed by atoms with Crippen molar-refractivity contribution in [2.75, 3.05) is 49.1 Å². The van der Waals surface area contributed by atoms with E-state index in [2.05, 4.69) is 10.1 Å². The van der Waals surface area contributed by atoms with Gasteiger partial charge in [0.05, 0.1) is 23.5 Å². The first-order valence-electron chi connectivity index (χ1n) is 13.1. The van der Waals surface area contributed by atoms with E-state index in [9.17, 15) is 35.9 Å². The lowest BCUT2D eigenvalue weighted by Crippen LogP contribution is -2.49. The fraction of sp³-hybridized carbons (Fsp3) is 0.407. The first-order valence-corrected chi connectivity index (χ1v) is 13.1. The molecule has 224 valence electrons. The van der Waals surface area contributed by atoms with Gasteiger partial charge in [-0.3, -0.25) is 9.59 Å². The molecule has 1 N–H and O–H groups in total. The van der Waals surface area contributed by atoms with Gasteiger partial charge >= 0.3 is 12.4 Å². The maximum atomic E-state index is 13.6. The van der Waals surface area contributed by atoms with E-state index in [1.165, 1.54) is 11.0 Å². The summed E-state index contributed by atoms with van der Waals surface area (Å²) >= 11 is 0. The van der Waals surface area contributed by atoms with Crippen LogP contribution in [0.25, 0.3) is 0 Å². The fourth-order valence-electron chi connectivity index (χ4n) is 5.18. The van der Waals surface area contributed by atoms with Crippen LogP contribution < -0.4 is 20.1 Å². The predicted molar refractivity (Wildman–Crippen MR) is 140 cm³/mol. The van der Waals surface area contributed by atoms with Crippen LogP contribution >= 0.6 is 0 Å². The molecule has 15 heteroatoms. The van der Waals surface area contributed by atoms with Gasteiger partial charge in [-0.2, -0.15) is 31.4 Å². The van der Waals surface area contributed by atoms with Gasteiger partial charge in [0.1, 0.15) is 23.7 Å². The Morgan fingerprint density at radius 1 is 0.976 bits per heavy atom. The van der Waals surface area contributed by atoms with Gasteiger partial charge < -0.3 is 19.4 Å². The highest BCUT2D eigenvalue weighted by atomic mass is 19.4. The van der Waals surface area contributed by atoms with Crippen molar-refractivity contribution in [2.45, 2.75) is 31.2 Å². The second-order valence-electron chi connectivity index (χ2n) is 9.97. The van der Waals surface area contributed by atoms with Gasteiger partial charge in [-0.15, -0.1) is 0 Å². The molecular formula is C27H26F6N6O3. The number of hydrogen-bond acceptors (Lipinski definition) is 7. The summed E-state index contributed by atoms with van der Waals surface area (Å²) in [6.07, 6.45) is -6.40. The Hall–Kier alpha value is -4.30. The SMILES string of the molecule is O=C(c1cccc(OC[C@@H]2CCCN2c2cn[nH]c(=O)c2C(F)(F)F)c1)N1CCN(c2ccc(C(F)(F)F)cn2)CC1. The van der Waals surface area contributed by atoms with Crippen molar-refractivity contribution in [3.8, 4) is 5.75 Å². The summed E-state index contributed by atoms with van der Waals surface area (Å²) in [6.45, 7) is 1.75. The number of ether oxygens (including phenoxy) is 1. The minimum absolute atomic E-state index is 0.0283. The summed E-state index contributed by atoms with van der Waals surface area (Å²) in [7, 11) is 0. The number of nitrogens with zero attached hydrogens (tertiary/aromatic N) is 5. The number of H-pyrrole nitrogens is 1. The number of piperazine rings is 1. The van der Waals surface area contributed by atoms with Crippen LogP contribution in [0.2, 0.25) is 0 Å². The number of carbonyl (C=O) groups excluding carboxylic acids is 1. The molecule has 0 saturated carbocycles. The highest BCUT2D eigenvalue weighted by molar-refractivity contribution is 5.94. The predicted octanol–water partition coefficient (Wildman–Crippen LogP) is 4.21. The zero-order valence-corrected chi connectivity index (χ0v) is 22.1. The van der Waals surface area contributed by atoms with Gasteiger partial charge in [-0.05, 0) is 43.2 Å². The molecule has 9 nitrogen and oxygen atoms in total. The van der Waals surface area contributed by atoms with Crippen molar-refractivity contribution in [1.29, 1.82) is 0 Å². The highest BCUT2D eigenvalue weighted by Crippen LogP contribution is 2.36. The summed E-state index contributed by atoms with van der Waals surface area (Å²) in [5, 5.41) is 5.40. The molecule has 0 bridgehead atoms. The third kappa shape index (κ3) is 6.29. The van der Waals surface area contributed by atoms with E-state index < -0.39 is 35.1 Å². The quantitative estimate of drug-likeness (QED) is 0.426. The third-order valence-corrected chi connectivity index (χ3v) is 7.30. The van der Waals surface area contributed by atoms with E-state index in [0.29, 0.717) is 62.7 Å². The summed E-state index contributed by atoms with van der Waals surface area (Å²) in [4.78, 5) is 33.9. The number of halogens is 6. The number of pyridine rings is 1. The Bertz CT molecular complexity index is 1470. The lowest BCUT2D eigenvalue weighted by molar-refractivity contribution is -0.139. The number of anilines is 2. The molecule has 1 aromatic carbocycles. The molecule has 2 saturated heterocycles. The average Bonchev–Trinajstić information content (AvgIpc) is 3.43. The van der Waals surface area contributed by atoms with Crippen LogP contribution in [0.3, 0.4) is 0 Å². The first-order chi connectivity index (χ1) is 19.9. The standard InChI is InChI=1S/C27H26F6N6O3/c28-26(29,30)18-6-7-22(34-14-18)37-9-11-38(12-10-37)25(41)17-3-1-5-20(13-17)42-16-19-4-2-8-39(19)21-15-35-36-24(40)23(21)27(31,32)33/h1,3,5-7,13-15,19H,2,4,8-12,16H2,(H,36,40)/t19-/m0/s1. The molecule has 42 heavy (non-hydrogen) atoms. The molecule has 2 fully saturated rings. The van der Waals surface area contributed by atoms with E-state index >= 15 is 0 Å². The first kappa shape index (κ1) is 29.2. The molecule has 5 rings (SSSR count). The molecule has 0 spiro atoms. The molecule has 2 aliphatic rings. The normalized spacial score (nSPS) is 18.0. The van der Waals surface area contributed by atoms with Crippen molar-refractivity contribution >= 4 is 17.4 Å². The monoisotopic (exact) mass is 596 g/mol. The van der Waals surface area contributed by atoms with Crippen molar-refractivity contribution in [3.05, 3.63) is 75.8 Å². The van der Waals surface area contributed by atoms with Gasteiger partial charge in [0.15, 0.2) is 0 Å². The van der Waals surface area contributed by atoms with Crippen LogP contribution in [0.15, 0.2) is 53.6 Å². The van der Waals surface area contributed by atoms with Crippen LogP contribution in [0, 0.1) is 0 Å². The minimum atomic E-state index is -4.85. The van der Waals surface area contributed by atoms with Gasteiger partial charge in [0, 0.05) is 44.5 Å². The molecule has 2 aromatic heterocycles. The van der Waals surface area contributed by atoms with Crippen LogP contribution in [-0.4, -0.2) is 71.4 Å². The second kappa shape index (κ2) is 11.5. The van der Waals surface area contributed by atoms with Crippen LogP contribution in [0.4, 0.5) is 37.8 Å². The maximum absolute atomic E-state index is 13.6. The molecular weight excluding hydrogens is 570 g/mol. The van der Waals surface area contributed by atoms with E-state index in [-0.39, 0.29) is 18.2 Å². The minimum Gasteiger partial charge on any atom is -0.491 e. The van der Waals surface area contributed by atoms with Crippen LogP contribution in [0.1, 0.15) is 34.3 Å². The molecule has 4 heterocycles. The lowest BCUT2D eigenvalue weighted by Gasteiger charge is -2.35. The number of aromatic amines is 1. The van der Waals surface area contributed by atoms with Gasteiger partial charge in [-0.1, -0.05) is 6.07 Å². The van der Waals surface area contributed by atoms with Crippen molar-refractivity contribution in [2.24, 2.45) is 0 Å². The van der Waals surface area contributed by atoms with E-state index in [0.717, 1.165) is 18.5 Å². The number of hydrogen-bond donors (Lipinski definition) is 1. The van der Waals surface area contributed by atoms with Crippen molar-refractivity contribution < 1.29 is 35.9 Å². The van der Waals surface area contributed by atoms with Gasteiger partial charge in [0.2, 0.25) is 0 Å². The number of carbonyl (C=O) groups is 1. The number of nitrogens with one attached hydrogen (secondary N) is 1. The van der Waals surface area contributed by atoms with Crippen LogP contribution in [0.5, 0.6) is 5.75 Å². The number of alkyl halides is 6. The number of aromatic nitrogens is 3. The average molecular weight is 597 g/mol. The zero-order chi connectivity index (χ0) is 30.1. The summed E-state index contributed by atoms with van der Waals surface area (Å²) in [6, 6.07) is 8.30. The van der Waals surface area contributed by atoms with Crippen molar-refractivity contribution in [3.63, 3.8) is 0 Å². The zero-order valence-electron chi connectivity index (χ0n) is 22.1. The number of amides is 1. The fourth-order valence-corrected chi connectivity index (χ4v) is 5.18. The van der Waals surface area contributed by atoms with Crippen molar-refractivity contribution in [1.82, 2.24) is 20.1 Å². The van der Waals surface area contributed by atoms with E-state index in [1.54, 1.807) is 34.1 Å². The topological polar surface area (TPSA) is 94.7 Å². The Balaban J connectivity index is 1.20. The Labute approximate surface area is 235 Å². The van der Waals surface area contributed by atoms with E-state index in [1.807, 2.05) is 5.10 Å². The molecule has 0 aliphatic carbocycles. The highest BCUT2D eigenvalue weighted by Gasteiger charge is 2.41. The third-order valence-electron chi connectivity index (χ3n) is 7.30.